The third-order valence-electron chi connectivity index (χ3n) is 3.99. The van der Waals surface area contributed by atoms with E-state index < -0.39 is 0 Å². The summed E-state index contributed by atoms with van der Waals surface area (Å²) in [5.74, 6) is 2.21. The third kappa shape index (κ3) is 5.19. The van der Waals surface area contributed by atoms with Crippen LogP contribution in [-0.2, 0) is 0 Å². The Balaban J connectivity index is 2.56. The standard InChI is InChI=1S/C17H29NS/c1-12(2)17(13(3)4)11-18-14(5)15-7-9-16(19-6)10-8-15/h7-10,12-14,17-18H,11H2,1-6H3. The summed E-state index contributed by atoms with van der Waals surface area (Å²) in [6.07, 6.45) is 2.12. The highest BCUT2D eigenvalue weighted by atomic mass is 32.2. The fourth-order valence-corrected chi connectivity index (χ4v) is 2.97. The second-order valence-corrected chi connectivity index (χ2v) is 6.93. The van der Waals surface area contributed by atoms with E-state index in [2.05, 4.69) is 70.5 Å². The monoisotopic (exact) mass is 279 g/mol. The Labute approximate surface area is 123 Å². The Bertz CT molecular complexity index is 348. The molecule has 1 aromatic carbocycles. The SMILES string of the molecule is CSc1ccc(C(C)NCC(C(C)C)C(C)C)cc1. The lowest BCUT2D eigenvalue weighted by molar-refractivity contribution is 0.268. The molecule has 0 aliphatic heterocycles. The molecule has 0 saturated heterocycles. The van der Waals surface area contributed by atoms with Gasteiger partial charge in [0.15, 0.2) is 0 Å². The van der Waals surface area contributed by atoms with Gasteiger partial charge in [-0.1, -0.05) is 39.8 Å². The van der Waals surface area contributed by atoms with Gasteiger partial charge in [0.1, 0.15) is 0 Å². The number of benzene rings is 1. The van der Waals surface area contributed by atoms with Crippen LogP contribution in [0.4, 0.5) is 0 Å². The number of hydrogen-bond donors (Lipinski definition) is 1. The second-order valence-electron chi connectivity index (χ2n) is 6.05. The minimum absolute atomic E-state index is 0.427. The maximum absolute atomic E-state index is 3.69. The van der Waals surface area contributed by atoms with Crippen LogP contribution in [0.1, 0.15) is 46.2 Å². The minimum atomic E-state index is 0.427. The number of hydrogen-bond acceptors (Lipinski definition) is 2. The van der Waals surface area contributed by atoms with Crippen LogP contribution in [-0.4, -0.2) is 12.8 Å². The molecule has 0 amide bonds. The molecule has 1 unspecified atom stereocenters. The molecule has 0 heterocycles. The van der Waals surface area contributed by atoms with Gasteiger partial charge >= 0.3 is 0 Å². The molecule has 0 fully saturated rings. The topological polar surface area (TPSA) is 12.0 Å². The van der Waals surface area contributed by atoms with Crippen LogP contribution >= 0.6 is 11.8 Å². The zero-order valence-electron chi connectivity index (χ0n) is 13.2. The lowest BCUT2D eigenvalue weighted by atomic mass is 9.85. The Kier molecular flexibility index (Phi) is 6.95. The van der Waals surface area contributed by atoms with Gasteiger partial charge in [-0.15, -0.1) is 11.8 Å². The minimum Gasteiger partial charge on any atom is -0.310 e. The maximum atomic E-state index is 3.69. The van der Waals surface area contributed by atoms with Crippen molar-refractivity contribution in [3.8, 4) is 0 Å². The molecular formula is C17H29NS. The average Bonchev–Trinajstić information content (AvgIpc) is 2.38. The zero-order chi connectivity index (χ0) is 14.4. The number of rotatable bonds is 7. The first kappa shape index (κ1) is 16.6. The van der Waals surface area contributed by atoms with Crippen LogP contribution in [0.25, 0.3) is 0 Å². The molecule has 19 heavy (non-hydrogen) atoms. The number of thioether (sulfide) groups is 1. The van der Waals surface area contributed by atoms with E-state index in [0.717, 1.165) is 24.3 Å². The van der Waals surface area contributed by atoms with Crippen molar-refractivity contribution < 1.29 is 0 Å². The molecule has 1 atom stereocenters. The van der Waals surface area contributed by atoms with Crippen LogP contribution in [0, 0.1) is 17.8 Å². The molecule has 0 radical (unpaired) electrons. The normalized spacial score (nSPS) is 13.5. The van der Waals surface area contributed by atoms with E-state index in [9.17, 15) is 0 Å². The van der Waals surface area contributed by atoms with Crippen molar-refractivity contribution in [1.82, 2.24) is 5.32 Å². The van der Waals surface area contributed by atoms with Gasteiger partial charge in [-0.3, -0.25) is 0 Å². The van der Waals surface area contributed by atoms with E-state index >= 15 is 0 Å². The predicted molar refractivity (Wildman–Crippen MR) is 87.8 cm³/mol. The molecule has 108 valence electrons. The third-order valence-corrected chi connectivity index (χ3v) is 4.73. The van der Waals surface area contributed by atoms with E-state index in [1.807, 2.05) is 0 Å². The van der Waals surface area contributed by atoms with E-state index in [1.54, 1.807) is 11.8 Å². The highest BCUT2D eigenvalue weighted by Crippen LogP contribution is 2.22. The predicted octanol–water partition coefficient (Wildman–Crippen LogP) is 4.99. The van der Waals surface area contributed by atoms with Crippen molar-refractivity contribution in [2.45, 2.75) is 45.6 Å². The smallest absolute Gasteiger partial charge is 0.0291 e. The summed E-state index contributed by atoms with van der Waals surface area (Å²) < 4.78 is 0. The summed E-state index contributed by atoms with van der Waals surface area (Å²) in [5, 5.41) is 3.69. The van der Waals surface area contributed by atoms with Gasteiger partial charge in [0, 0.05) is 10.9 Å². The van der Waals surface area contributed by atoms with Gasteiger partial charge < -0.3 is 5.32 Å². The van der Waals surface area contributed by atoms with Crippen LogP contribution in [0.3, 0.4) is 0 Å². The van der Waals surface area contributed by atoms with Crippen LogP contribution in [0.5, 0.6) is 0 Å². The Morgan fingerprint density at radius 1 is 0.947 bits per heavy atom. The Hall–Kier alpha value is -0.470. The number of nitrogens with one attached hydrogen (secondary N) is 1. The molecule has 1 aromatic rings. The second kappa shape index (κ2) is 7.96. The first-order valence-corrected chi connectivity index (χ1v) is 8.55. The van der Waals surface area contributed by atoms with Gasteiger partial charge in [-0.05, 0) is 55.2 Å². The van der Waals surface area contributed by atoms with Gasteiger partial charge in [-0.25, -0.2) is 0 Å². The summed E-state index contributed by atoms with van der Waals surface area (Å²) in [4.78, 5) is 1.33. The van der Waals surface area contributed by atoms with Gasteiger partial charge in [-0.2, -0.15) is 0 Å². The summed E-state index contributed by atoms with van der Waals surface area (Å²) in [6, 6.07) is 9.32. The molecule has 1 N–H and O–H groups in total. The van der Waals surface area contributed by atoms with Crippen LogP contribution < -0.4 is 5.32 Å². The van der Waals surface area contributed by atoms with Gasteiger partial charge in [0.2, 0.25) is 0 Å². The molecule has 1 rings (SSSR count). The van der Waals surface area contributed by atoms with Crippen molar-refractivity contribution in [3.63, 3.8) is 0 Å². The van der Waals surface area contributed by atoms with Crippen molar-refractivity contribution in [1.29, 1.82) is 0 Å². The van der Waals surface area contributed by atoms with Gasteiger partial charge in [0.25, 0.3) is 0 Å². The molecule has 1 nitrogen and oxygen atoms in total. The molecule has 0 aliphatic carbocycles. The first-order chi connectivity index (χ1) is 8.95. The molecule has 0 aliphatic rings. The van der Waals surface area contributed by atoms with E-state index in [0.29, 0.717) is 6.04 Å². The summed E-state index contributed by atoms with van der Waals surface area (Å²) in [5.41, 5.74) is 1.38. The molecule has 2 heteroatoms. The maximum Gasteiger partial charge on any atom is 0.0291 e. The molecule has 0 saturated carbocycles. The van der Waals surface area contributed by atoms with Crippen molar-refractivity contribution in [2.24, 2.45) is 17.8 Å². The quantitative estimate of drug-likeness (QED) is 0.706. The highest BCUT2D eigenvalue weighted by Gasteiger charge is 2.18. The van der Waals surface area contributed by atoms with E-state index in [1.165, 1.54) is 10.5 Å². The van der Waals surface area contributed by atoms with Gasteiger partial charge in [0.05, 0.1) is 0 Å². The lowest BCUT2D eigenvalue weighted by Gasteiger charge is -2.27. The van der Waals surface area contributed by atoms with Crippen LogP contribution in [0.2, 0.25) is 0 Å². The molecule has 0 spiro atoms. The van der Waals surface area contributed by atoms with Crippen molar-refractivity contribution in [2.75, 3.05) is 12.8 Å². The average molecular weight is 279 g/mol. The van der Waals surface area contributed by atoms with Crippen molar-refractivity contribution >= 4 is 11.8 Å². The lowest BCUT2D eigenvalue weighted by Crippen LogP contribution is -2.31. The Morgan fingerprint density at radius 3 is 1.89 bits per heavy atom. The van der Waals surface area contributed by atoms with E-state index in [4.69, 9.17) is 0 Å². The fourth-order valence-electron chi connectivity index (χ4n) is 2.56. The molecule has 0 aromatic heterocycles. The zero-order valence-corrected chi connectivity index (χ0v) is 14.1. The Morgan fingerprint density at radius 2 is 1.47 bits per heavy atom. The van der Waals surface area contributed by atoms with E-state index in [-0.39, 0.29) is 0 Å². The molecular weight excluding hydrogens is 250 g/mol. The van der Waals surface area contributed by atoms with Crippen molar-refractivity contribution in [3.05, 3.63) is 29.8 Å². The molecule has 0 bridgehead atoms. The first-order valence-electron chi connectivity index (χ1n) is 7.33. The summed E-state index contributed by atoms with van der Waals surface area (Å²) >= 11 is 1.79. The highest BCUT2D eigenvalue weighted by molar-refractivity contribution is 7.98. The largest absolute Gasteiger partial charge is 0.310 e. The fraction of sp³-hybridized carbons (Fsp3) is 0.647. The summed E-state index contributed by atoms with van der Waals surface area (Å²) in [6.45, 7) is 12.6. The van der Waals surface area contributed by atoms with Crippen LogP contribution in [0.15, 0.2) is 29.2 Å². The summed E-state index contributed by atoms with van der Waals surface area (Å²) in [7, 11) is 0.